The summed E-state index contributed by atoms with van der Waals surface area (Å²) in [7, 11) is 0. The van der Waals surface area contributed by atoms with Crippen LogP contribution in [0.2, 0.25) is 0 Å². The van der Waals surface area contributed by atoms with Gasteiger partial charge in [-0.25, -0.2) is 0 Å². The Labute approximate surface area is 72.8 Å². The monoisotopic (exact) mass is 163 g/mol. The Morgan fingerprint density at radius 3 is 2.75 bits per heavy atom. The van der Waals surface area contributed by atoms with Crippen molar-refractivity contribution in [2.24, 2.45) is 0 Å². The minimum atomic E-state index is 0.984. The molecular formula is C10H13NO. The zero-order valence-electron chi connectivity index (χ0n) is 7.07. The van der Waals surface area contributed by atoms with E-state index in [1.165, 1.54) is 12.8 Å². The summed E-state index contributed by atoms with van der Waals surface area (Å²) in [6, 6.07) is 0. The average molecular weight is 163 g/mol. The normalized spacial score (nSPS) is 22.0. The Balaban J connectivity index is 2.06. The number of rotatable bonds is 1. The predicted molar refractivity (Wildman–Crippen MR) is 48.3 cm³/mol. The first-order valence-electron chi connectivity index (χ1n) is 4.42. The highest BCUT2D eigenvalue weighted by Crippen LogP contribution is 2.16. The first-order chi connectivity index (χ1) is 5.97. The molecular weight excluding hydrogens is 150 g/mol. The first-order valence-corrected chi connectivity index (χ1v) is 4.42. The van der Waals surface area contributed by atoms with Crippen molar-refractivity contribution in [3.05, 3.63) is 36.4 Å². The fourth-order valence-electron chi connectivity index (χ4n) is 1.51. The fourth-order valence-corrected chi connectivity index (χ4v) is 1.51. The van der Waals surface area contributed by atoms with Crippen LogP contribution in [0.15, 0.2) is 36.4 Å². The van der Waals surface area contributed by atoms with Crippen molar-refractivity contribution >= 4 is 0 Å². The highest BCUT2D eigenvalue weighted by Gasteiger charge is 2.14. The molecule has 0 unspecified atom stereocenters. The average Bonchev–Trinajstić information content (AvgIpc) is 2.48. The first kappa shape index (κ1) is 7.47. The predicted octanol–water partition coefficient (Wildman–Crippen LogP) is 2.02. The molecule has 0 amide bonds. The minimum absolute atomic E-state index is 0.984. The lowest BCUT2D eigenvalue weighted by Crippen LogP contribution is -2.19. The molecule has 0 saturated carbocycles. The second-order valence-electron chi connectivity index (χ2n) is 3.03. The van der Waals surface area contributed by atoms with Crippen LogP contribution in [0, 0.1) is 0 Å². The van der Waals surface area contributed by atoms with Gasteiger partial charge in [0.25, 0.3) is 0 Å². The smallest absolute Gasteiger partial charge is 0.195 e. The molecule has 2 rings (SSSR count). The molecule has 0 aromatic heterocycles. The summed E-state index contributed by atoms with van der Waals surface area (Å²) in [6.45, 7) is 2.26. The van der Waals surface area contributed by atoms with Gasteiger partial charge in [0.2, 0.25) is 0 Å². The maximum absolute atomic E-state index is 5.43. The van der Waals surface area contributed by atoms with E-state index in [-0.39, 0.29) is 0 Å². The van der Waals surface area contributed by atoms with Crippen molar-refractivity contribution in [3.63, 3.8) is 0 Å². The number of likely N-dealkylation sites (tertiary alicyclic amines) is 1. The number of nitrogens with zero attached hydrogens (tertiary/aromatic N) is 1. The van der Waals surface area contributed by atoms with Gasteiger partial charge in [0.1, 0.15) is 0 Å². The van der Waals surface area contributed by atoms with Crippen molar-refractivity contribution in [2.75, 3.05) is 13.1 Å². The highest BCUT2D eigenvalue weighted by molar-refractivity contribution is 5.16. The van der Waals surface area contributed by atoms with Crippen molar-refractivity contribution < 1.29 is 4.74 Å². The van der Waals surface area contributed by atoms with Crippen LogP contribution in [0.1, 0.15) is 12.8 Å². The molecule has 0 aromatic carbocycles. The van der Waals surface area contributed by atoms with E-state index in [2.05, 4.69) is 4.90 Å². The van der Waals surface area contributed by atoms with Gasteiger partial charge in [-0.05, 0) is 25.0 Å². The lowest BCUT2D eigenvalue weighted by Gasteiger charge is -2.18. The molecule has 0 bridgehead atoms. The molecule has 2 aliphatic heterocycles. The molecule has 0 aromatic rings. The fraction of sp³-hybridized carbons (Fsp3) is 0.400. The van der Waals surface area contributed by atoms with Gasteiger partial charge in [-0.3, -0.25) is 0 Å². The molecule has 0 radical (unpaired) electrons. The van der Waals surface area contributed by atoms with E-state index in [9.17, 15) is 0 Å². The van der Waals surface area contributed by atoms with Gasteiger partial charge in [0.05, 0.1) is 6.26 Å². The SMILES string of the molecule is C1=CC=C(N2CCCC2)OC=C1. The third-order valence-corrected chi connectivity index (χ3v) is 2.15. The Bertz CT molecular complexity index is 234. The van der Waals surface area contributed by atoms with Crippen LogP contribution < -0.4 is 0 Å². The number of allylic oxidation sites excluding steroid dienone is 4. The van der Waals surface area contributed by atoms with Gasteiger partial charge in [-0.1, -0.05) is 12.2 Å². The number of hydrogen-bond acceptors (Lipinski definition) is 2. The van der Waals surface area contributed by atoms with Crippen LogP contribution in [0.5, 0.6) is 0 Å². The van der Waals surface area contributed by atoms with E-state index in [4.69, 9.17) is 4.74 Å². The van der Waals surface area contributed by atoms with Gasteiger partial charge in [-0.15, -0.1) is 0 Å². The van der Waals surface area contributed by atoms with Crippen molar-refractivity contribution in [2.45, 2.75) is 12.8 Å². The quantitative estimate of drug-likeness (QED) is 0.586. The summed E-state index contributed by atoms with van der Waals surface area (Å²) < 4.78 is 5.43. The summed E-state index contributed by atoms with van der Waals surface area (Å²) in [6.07, 6.45) is 12.2. The van der Waals surface area contributed by atoms with Crippen LogP contribution in [0.4, 0.5) is 0 Å². The minimum Gasteiger partial charge on any atom is -0.449 e. The standard InChI is InChI=1S/C10H13NO/c1-2-6-10(12-9-5-1)11-7-3-4-8-11/h1-2,5-6,9H,3-4,7-8H2. The molecule has 2 aliphatic rings. The Hall–Kier alpha value is -1.18. The molecule has 1 fully saturated rings. The van der Waals surface area contributed by atoms with E-state index in [1.807, 2.05) is 24.3 Å². The molecule has 0 atom stereocenters. The molecule has 2 heteroatoms. The molecule has 0 N–H and O–H groups in total. The Morgan fingerprint density at radius 2 is 1.92 bits per heavy atom. The summed E-state index contributed by atoms with van der Waals surface area (Å²) in [5.74, 6) is 0.984. The lowest BCUT2D eigenvalue weighted by atomic mass is 10.4. The van der Waals surface area contributed by atoms with E-state index < -0.39 is 0 Å². The van der Waals surface area contributed by atoms with Gasteiger partial charge in [0, 0.05) is 13.1 Å². The van der Waals surface area contributed by atoms with Crippen LogP contribution in [0.3, 0.4) is 0 Å². The van der Waals surface area contributed by atoms with E-state index in [0.29, 0.717) is 0 Å². The molecule has 64 valence electrons. The molecule has 12 heavy (non-hydrogen) atoms. The highest BCUT2D eigenvalue weighted by atomic mass is 16.5. The van der Waals surface area contributed by atoms with Gasteiger partial charge in [0.15, 0.2) is 5.88 Å². The van der Waals surface area contributed by atoms with Crippen molar-refractivity contribution in [1.29, 1.82) is 0 Å². The third kappa shape index (κ3) is 1.52. The van der Waals surface area contributed by atoms with E-state index >= 15 is 0 Å². The molecule has 2 nitrogen and oxygen atoms in total. The molecule has 2 heterocycles. The maximum atomic E-state index is 5.43. The summed E-state index contributed by atoms with van der Waals surface area (Å²) >= 11 is 0. The lowest BCUT2D eigenvalue weighted by molar-refractivity contribution is 0.208. The van der Waals surface area contributed by atoms with Crippen molar-refractivity contribution in [3.8, 4) is 0 Å². The topological polar surface area (TPSA) is 12.5 Å². The molecule has 0 aliphatic carbocycles. The molecule has 0 spiro atoms. The Morgan fingerprint density at radius 1 is 1.08 bits per heavy atom. The van der Waals surface area contributed by atoms with E-state index in [0.717, 1.165) is 19.0 Å². The van der Waals surface area contributed by atoms with E-state index in [1.54, 1.807) is 6.26 Å². The Kier molecular flexibility index (Phi) is 2.16. The van der Waals surface area contributed by atoms with Gasteiger partial charge < -0.3 is 9.64 Å². The van der Waals surface area contributed by atoms with Crippen LogP contribution in [-0.4, -0.2) is 18.0 Å². The summed E-state index contributed by atoms with van der Waals surface area (Å²) in [5.41, 5.74) is 0. The summed E-state index contributed by atoms with van der Waals surface area (Å²) in [4.78, 5) is 2.28. The van der Waals surface area contributed by atoms with Gasteiger partial charge in [-0.2, -0.15) is 0 Å². The van der Waals surface area contributed by atoms with Crippen LogP contribution >= 0.6 is 0 Å². The second-order valence-corrected chi connectivity index (χ2v) is 3.03. The van der Waals surface area contributed by atoms with Crippen LogP contribution in [0.25, 0.3) is 0 Å². The largest absolute Gasteiger partial charge is 0.449 e. The summed E-state index contributed by atoms with van der Waals surface area (Å²) in [5, 5.41) is 0. The third-order valence-electron chi connectivity index (χ3n) is 2.15. The molecule has 1 saturated heterocycles. The maximum Gasteiger partial charge on any atom is 0.195 e. The number of hydrogen-bond donors (Lipinski definition) is 0. The van der Waals surface area contributed by atoms with Gasteiger partial charge >= 0.3 is 0 Å². The second kappa shape index (κ2) is 3.48. The van der Waals surface area contributed by atoms with Crippen molar-refractivity contribution in [1.82, 2.24) is 4.90 Å². The van der Waals surface area contributed by atoms with Crippen LogP contribution in [-0.2, 0) is 4.74 Å². The zero-order valence-corrected chi connectivity index (χ0v) is 7.07. The number of ether oxygens (including phenoxy) is 1. The zero-order chi connectivity index (χ0) is 8.23.